The molecule has 1 atom stereocenters. The van der Waals surface area contributed by atoms with Crippen molar-refractivity contribution in [2.75, 3.05) is 12.0 Å². The molecule has 0 aliphatic carbocycles. The van der Waals surface area contributed by atoms with Gasteiger partial charge in [-0.1, -0.05) is 0 Å². The van der Waals surface area contributed by atoms with Gasteiger partial charge < -0.3 is 0 Å². The zero-order chi connectivity index (χ0) is 11.1. The minimum atomic E-state index is -2.16. The summed E-state index contributed by atoms with van der Waals surface area (Å²) in [6.45, 7) is 2.72. The summed E-state index contributed by atoms with van der Waals surface area (Å²) in [4.78, 5) is 4.34. The second kappa shape index (κ2) is 3.63. The van der Waals surface area contributed by atoms with Crippen LogP contribution in [0.5, 0.6) is 0 Å². The van der Waals surface area contributed by atoms with Crippen LogP contribution in [0.1, 0.15) is 6.92 Å². The first-order valence-electron chi connectivity index (χ1n) is 5.15. The SMILES string of the molecule is CCN1Nc2ccc3cccnc3c2[Se]1=O. The van der Waals surface area contributed by atoms with Gasteiger partial charge in [0, 0.05) is 0 Å². The van der Waals surface area contributed by atoms with E-state index in [9.17, 15) is 3.83 Å². The summed E-state index contributed by atoms with van der Waals surface area (Å²) in [6.07, 6.45) is 1.75. The van der Waals surface area contributed by atoms with E-state index in [0.717, 1.165) is 27.6 Å². The van der Waals surface area contributed by atoms with E-state index in [1.807, 2.05) is 31.2 Å². The Labute approximate surface area is 97.5 Å². The summed E-state index contributed by atoms with van der Waals surface area (Å²) >= 11 is -2.16. The molecule has 5 heteroatoms. The number of anilines is 1. The van der Waals surface area contributed by atoms with Gasteiger partial charge in [-0.15, -0.1) is 0 Å². The molecule has 3 rings (SSSR count). The summed E-state index contributed by atoms with van der Waals surface area (Å²) in [7, 11) is 0. The van der Waals surface area contributed by atoms with Crippen LogP contribution in [0.2, 0.25) is 0 Å². The number of aromatic nitrogens is 1. The van der Waals surface area contributed by atoms with Gasteiger partial charge in [0.2, 0.25) is 0 Å². The Morgan fingerprint density at radius 2 is 2.31 bits per heavy atom. The van der Waals surface area contributed by atoms with Crippen molar-refractivity contribution in [1.82, 2.24) is 9.01 Å². The van der Waals surface area contributed by atoms with Crippen molar-refractivity contribution in [3.63, 3.8) is 0 Å². The summed E-state index contributed by atoms with van der Waals surface area (Å²) in [6, 6.07) is 7.88. The van der Waals surface area contributed by atoms with Crippen LogP contribution in [-0.2, 0) is 3.83 Å². The number of fused-ring (bicyclic) bond motifs is 3. The van der Waals surface area contributed by atoms with E-state index >= 15 is 0 Å². The molecule has 0 saturated carbocycles. The van der Waals surface area contributed by atoms with E-state index in [1.165, 1.54) is 0 Å². The van der Waals surface area contributed by atoms with Crippen molar-refractivity contribution in [3.05, 3.63) is 30.5 Å². The molecule has 1 aliphatic rings. The van der Waals surface area contributed by atoms with Crippen molar-refractivity contribution in [1.29, 1.82) is 0 Å². The van der Waals surface area contributed by atoms with Crippen LogP contribution >= 0.6 is 0 Å². The van der Waals surface area contributed by atoms with Crippen LogP contribution in [0, 0.1) is 0 Å². The maximum absolute atomic E-state index is 12.3. The van der Waals surface area contributed by atoms with E-state index < -0.39 is 14.1 Å². The Hall–Kier alpha value is -1.29. The molecule has 0 amide bonds. The van der Waals surface area contributed by atoms with Gasteiger partial charge in [0.1, 0.15) is 0 Å². The van der Waals surface area contributed by atoms with Gasteiger partial charge in [-0.05, 0) is 0 Å². The molecule has 1 N–H and O–H groups in total. The number of nitrogens with one attached hydrogen (secondary N) is 1. The van der Waals surface area contributed by atoms with E-state index in [-0.39, 0.29) is 0 Å². The van der Waals surface area contributed by atoms with Crippen LogP contribution in [0.4, 0.5) is 5.69 Å². The van der Waals surface area contributed by atoms with Gasteiger partial charge in [-0.2, -0.15) is 0 Å². The van der Waals surface area contributed by atoms with Crippen molar-refractivity contribution in [2.45, 2.75) is 6.92 Å². The molecular weight excluding hydrogens is 269 g/mol. The molecule has 1 unspecified atom stereocenters. The number of rotatable bonds is 1. The average Bonchev–Trinajstić information content (AvgIpc) is 2.66. The predicted molar refractivity (Wildman–Crippen MR) is 63.8 cm³/mol. The molecule has 1 aliphatic heterocycles. The molecule has 0 radical (unpaired) electrons. The molecule has 0 bridgehead atoms. The number of hydrogen-bond donors (Lipinski definition) is 1. The second-order valence-electron chi connectivity index (χ2n) is 3.57. The number of hydrazine groups is 1. The predicted octanol–water partition coefficient (Wildman–Crippen LogP) is 1.02. The van der Waals surface area contributed by atoms with Crippen molar-refractivity contribution in [2.24, 2.45) is 0 Å². The van der Waals surface area contributed by atoms with Crippen LogP contribution < -0.4 is 9.89 Å². The Morgan fingerprint density at radius 1 is 1.44 bits per heavy atom. The molecular formula is C11H11N3OSe. The zero-order valence-electron chi connectivity index (χ0n) is 8.80. The molecule has 0 fully saturated rings. The summed E-state index contributed by atoms with van der Waals surface area (Å²) in [5, 5.41) is 1.05. The van der Waals surface area contributed by atoms with Crippen LogP contribution in [-0.4, -0.2) is 29.6 Å². The topological polar surface area (TPSA) is 45.2 Å². The Bertz CT molecular complexity index is 584. The van der Waals surface area contributed by atoms with Crippen molar-refractivity contribution < 1.29 is 3.83 Å². The van der Waals surface area contributed by atoms with Gasteiger partial charge >= 0.3 is 97.3 Å². The third-order valence-corrected chi connectivity index (χ3v) is 5.81. The fraction of sp³-hybridized carbons (Fsp3) is 0.182. The Morgan fingerprint density at radius 3 is 3.12 bits per heavy atom. The third kappa shape index (κ3) is 1.29. The van der Waals surface area contributed by atoms with Crippen molar-refractivity contribution in [3.8, 4) is 0 Å². The molecule has 2 heterocycles. The molecule has 4 nitrogen and oxygen atoms in total. The standard InChI is InChI=1S/C11H11N3OSe/c1-2-14-13-9-6-5-8-4-3-7-12-10(8)11(9)16(14)15/h3-7,13H,2H2,1H3. The number of benzene rings is 1. The average molecular weight is 280 g/mol. The molecule has 1 aromatic carbocycles. The summed E-state index contributed by atoms with van der Waals surface area (Å²) in [5.41, 5.74) is 4.96. The summed E-state index contributed by atoms with van der Waals surface area (Å²) in [5.74, 6) is 0. The number of hydrogen-bond acceptors (Lipinski definition) is 3. The first-order valence-corrected chi connectivity index (χ1v) is 7.47. The second-order valence-corrected chi connectivity index (χ2v) is 6.40. The minimum absolute atomic E-state index is 0.733. The third-order valence-electron chi connectivity index (χ3n) is 2.64. The van der Waals surface area contributed by atoms with E-state index in [1.54, 1.807) is 10.2 Å². The van der Waals surface area contributed by atoms with Crippen molar-refractivity contribution >= 4 is 35.1 Å². The fourth-order valence-electron chi connectivity index (χ4n) is 1.87. The fourth-order valence-corrected chi connectivity index (χ4v) is 4.54. The van der Waals surface area contributed by atoms with Gasteiger partial charge in [0.05, 0.1) is 0 Å². The Balaban J connectivity index is 2.30. The molecule has 0 spiro atoms. The van der Waals surface area contributed by atoms with E-state index in [2.05, 4.69) is 10.4 Å². The summed E-state index contributed by atoms with van der Waals surface area (Å²) < 4.78 is 15.0. The monoisotopic (exact) mass is 281 g/mol. The normalized spacial score (nSPS) is 19.7. The van der Waals surface area contributed by atoms with Crippen LogP contribution in [0.15, 0.2) is 30.5 Å². The molecule has 16 heavy (non-hydrogen) atoms. The number of nitrogens with zero attached hydrogens (tertiary/aromatic N) is 2. The number of pyridine rings is 1. The quantitative estimate of drug-likeness (QED) is 0.792. The Kier molecular flexibility index (Phi) is 2.24. The van der Waals surface area contributed by atoms with E-state index in [0.29, 0.717) is 0 Å². The molecule has 0 saturated heterocycles. The molecule has 2 aromatic rings. The first kappa shape index (κ1) is 9.90. The molecule has 1 aromatic heterocycles. The zero-order valence-corrected chi connectivity index (χ0v) is 10.5. The van der Waals surface area contributed by atoms with Gasteiger partial charge in [-0.25, -0.2) is 0 Å². The van der Waals surface area contributed by atoms with Gasteiger partial charge in [0.15, 0.2) is 0 Å². The van der Waals surface area contributed by atoms with Crippen LogP contribution in [0.3, 0.4) is 0 Å². The maximum atomic E-state index is 12.3. The van der Waals surface area contributed by atoms with E-state index in [4.69, 9.17) is 0 Å². The first-order chi connectivity index (χ1) is 7.81. The van der Waals surface area contributed by atoms with Gasteiger partial charge in [0.25, 0.3) is 0 Å². The van der Waals surface area contributed by atoms with Crippen LogP contribution in [0.25, 0.3) is 10.9 Å². The molecule has 82 valence electrons. The van der Waals surface area contributed by atoms with Gasteiger partial charge in [-0.3, -0.25) is 0 Å².